The first-order chi connectivity index (χ1) is 13.5. The van der Waals surface area contributed by atoms with E-state index in [4.69, 9.17) is 0 Å². The van der Waals surface area contributed by atoms with Crippen LogP contribution in [0.5, 0.6) is 0 Å². The van der Waals surface area contributed by atoms with Crippen molar-refractivity contribution in [2.75, 3.05) is 20.3 Å². The van der Waals surface area contributed by atoms with Gasteiger partial charge in [0.05, 0.1) is 18.8 Å². The summed E-state index contributed by atoms with van der Waals surface area (Å²) in [7, 11) is 1.67. The highest BCUT2D eigenvalue weighted by Crippen LogP contribution is 2.58. The Morgan fingerprint density at radius 1 is 1.03 bits per heavy atom. The van der Waals surface area contributed by atoms with E-state index in [2.05, 4.69) is 5.32 Å². The molecule has 4 aliphatic carbocycles. The molecule has 0 radical (unpaired) electrons. The van der Waals surface area contributed by atoms with Crippen LogP contribution in [0.3, 0.4) is 0 Å². The van der Waals surface area contributed by atoms with Gasteiger partial charge in [0.15, 0.2) is 0 Å². The van der Waals surface area contributed by atoms with E-state index in [1.54, 1.807) is 11.9 Å². The van der Waals surface area contributed by atoms with E-state index in [1.807, 2.05) is 20.8 Å². The van der Waals surface area contributed by atoms with Crippen LogP contribution in [0.1, 0.15) is 59.3 Å². The highest BCUT2D eigenvalue weighted by Gasteiger charge is 2.61. The minimum Gasteiger partial charge on any atom is -0.350 e. The Kier molecular flexibility index (Phi) is 4.76. The maximum atomic E-state index is 13.2. The molecular formula is C21H32N4O4. The molecule has 1 heterocycles. The molecule has 0 unspecified atom stereocenters. The molecule has 5 aliphatic rings. The largest absolute Gasteiger partial charge is 0.350 e. The van der Waals surface area contributed by atoms with Gasteiger partial charge >= 0.3 is 17.8 Å². The molecule has 4 bridgehead atoms. The summed E-state index contributed by atoms with van der Waals surface area (Å²) in [4.78, 5) is 54.7. The predicted molar refractivity (Wildman–Crippen MR) is 105 cm³/mol. The van der Waals surface area contributed by atoms with Crippen molar-refractivity contribution < 1.29 is 19.2 Å². The van der Waals surface area contributed by atoms with Gasteiger partial charge in [-0.1, -0.05) is 0 Å². The first kappa shape index (κ1) is 20.3. The third kappa shape index (κ3) is 3.67. The quantitative estimate of drug-likeness (QED) is 0.555. The molecule has 8 heteroatoms. The molecule has 0 aromatic rings. The molecule has 0 atom stereocenters. The number of nitrogens with one attached hydrogen (secondary N) is 1. The van der Waals surface area contributed by atoms with Crippen LogP contribution in [0, 0.1) is 17.8 Å². The van der Waals surface area contributed by atoms with Gasteiger partial charge in [0, 0.05) is 5.54 Å². The fourth-order valence-corrected chi connectivity index (χ4v) is 6.38. The monoisotopic (exact) mass is 404 g/mol. The SMILES string of the molecule is CN(CC(=O)NC(C)(C)C)CN1C(=O)C(=O)N(C23CC4CC(CC(C4)C2)C3)C1=O. The Labute approximate surface area is 171 Å². The van der Waals surface area contributed by atoms with Crippen LogP contribution in [-0.2, 0) is 14.4 Å². The zero-order chi connectivity index (χ0) is 21.1. The van der Waals surface area contributed by atoms with Crippen molar-refractivity contribution in [2.45, 2.75) is 70.4 Å². The van der Waals surface area contributed by atoms with Gasteiger partial charge in [0.25, 0.3) is 0 Å². The van der Waals surface area contributed by atoms with E-state index in [0.29, 0.717) is 17.8 Å². The summed E-state index contributed by atoms with van der Waals surface area (Å²) in [6.45, 7) is 5.64. The molecular weight excluding hydrogens is 372 g/mol. The van der Waals surface area contributed by atoms with Crippen LogP contribution < -0.4 is 5.32 Å². The zero-order valence-electron chi connectivity index (χ0n) is 17.9. The molecule has 0 aromatic carbocycles. The van der Waals surface area contributed by atoms with E-state index in [0.717, 1.165) is 24.2 Å². The average Bonchev–Trinajstić information content (AvgIpc) is 2.75. The molecule has 29 heavy (non-hydrogen) atoms. The molecule has 5 amide bonds. The third-order valence-electron chi connectivity index (χ3n) is 6.84. The van der Waals surface area contributed by atoms with Gasteiger partial charge in [-0.3, -0.25) is 19.3 Å². The van der Waals surface area contributed by atoms with Crippen molar-refractivity contribution >= 4 is 23.8 Å². The van der Waals surface area contributed by atoms with Gasteiger partial charge in [0.1, 0.15) is 0 Å². The second-order valence-corrected chi connectivity index (χ2v) is 10.8. The van der Waals surface area contributed by atoms with Crippen LogP contribution >= 0.6 is 0 Å². The maximum absolute atomic E-state index is 13.2. The van der Waals surface area contributed by atoms with Crippen molar-refractivity contribution in [1.82, 2.24) is 20.0 Å². The Balaban J connectivity index is 1.46. The Morgan fingerprint density at radius 3 is 2.03 bits per heavy atom. The molecule has 0 spiro atoms. The fraction of sp³-hybridized carbons (Fsp3) is 0.810. The number of carbonyl (C=O) groups excluding carboxylic acids is 4. The number of rotatable bonds is 5. The van der Waals surface area contributed by atoms with Crippen LogP contribution in [-0.4, -0.2) is 69.8 Å². The van der Waals surface area contributed by atoms with Gasteiger partial charge < -0.3 is 5.32 Å². The molecule has 5 rings (SSSR count). The second-order valence-electron chi connectivity index (χ2n) is 10.8. The van der Waals surface area contributed by atoms with Crippen LogP contribution in [0.25, 0.3) is 0 Å². The summed E-state index contributed by atoms with van der Waals surface area (Å²) in [6.07, 6.45) is 6.08. The highest BCUT2D eigenvalue weighted by atomic mass is 16.2. The van der Waals surface area contributed by atoms with Gasteiger partial charge in [0.2, 0.25) is 5.91 Å². The lowest BCUT2D eigenvalue weighted by atomic mass is 9.52. The molecule has 1 saturated heterocycles. The zero-order valence-corrected chi connectivity index (χ0v) is 17.9. The minimum absolute atomic E-state index is 0.0416. The van der Waals surface area contributed by atoms with Crippen LogP contribution in [0.2, 0.25) is 0 Å². The topological polar surface area (TPSA) is 90.0 Å². The van der Waals surface area contributed by atoms with Crippen molar-refractivity contribution in [2.24, 2.45) is 17.8 Å². The van der Waals surface area contributed by atoms with Crippen LogP contribution in [0.15, 0.2) is 0 Å². The Morgan fingerprint density at radius 2 is 1.55 bits per heavy atom. The van der Waals surface area contributed by atoms with Gasteiger partial charge in [-0.05, 0) is 84.1 Å². The minimum atomic E-state index is -0.770. The fourth-order valence-electron chi connectivity index (χ4n) is 6.38. The molecule has 8 nitrogen and oxygen atoms in total. The first-order valence-electron chi connectivity index (χ1n) is 10.7. The van der Waals surface area contributed by atoms with Crippen molar-refractivity contribution in [3.05, 3.63) is 0 Å². The van der Waals surface area contributed by atoms with E-state index in [-0.39, 0.29) is 24.7 Å². The molecule has 5 fully saturated rings. The highest BCUT2D eigenvalue weighted by molar-refractivity contribution is 6.44. The molecule has 4 saturated carbocycles. The molecule has 0 aromatic heterocycles. The standard InChI is InChI=1S/C21H32N4O4/c1-20(2,3)22-16(26)11-23(4)12-24-17(27)18(28)25(19(24)29)21-8-13-5-14(9-21)7-15(6-13)10-21/h13-15H,5-12H2,1-4H3,(H,22,26). The van der Waals surface area contributed by atoms with Gasteiger partial charge in [-0.25, -0.2) is 14.6 Å². The molecule has 160 valence electrons. The van der Waals surface area contributed by atoms with E-state index in [1.165, 1.54) is 24.2 Å². The maximum Gasteiger partial charge on any atom is 0.335 e. The number of amides is 5. The van der Waals surface area contributed by atoms with E-state index >= 15 is 0 Å². The number of carbonyl (C=O) groups is 4. The van der Waals surface area contributed by atoms with Crippen LogP contribution in [0.4, 0.5) is 4.79 Å². The number of hydrogen-bond acceptors (Lipinski definition) is 5. The first-order valence-corrected chi connectivity index (χ1v) is 10.7. The second kappa shape index (κ2) is 6.79. The van der Waals surface area contributed by atoms with Crippen molar-refractivity contribution in [3.63, 3.8) is 0 Å². The summed E-state index contributed by atoms with van der Waals surface area (Å²) in [5, 5.41) is 2.86. The number of urea groups is 1. The lowest BCUT2D eigenvalue weighted by molar-refractivity contribution is -0.150. The third-order valence-corrected chi connectivity index (χ3v) is 6.84. The predicted octanol–water partition coefficient (Wildman–Crippen LogP) is 1.55. The lowest BCUT2D eigenvalue weighted by Gasteiger charge is -2.58. The normalized spacial score (nSPS) is 34.0. The van der Waals surface area contributed by atoms with Crippen molar-refractivity contribution in [3.8, 4) is 0 Å². The number of likely N-dealkylation sites (N-methyl/N-ethyl adjacent to an activating group) is 1. The molecule has 1 N–H and O–H groups in total. The summed E-state index contributed by atoms with van der Waals surface area (Å²) in [6, 6.07) is -0.509. The van der Waals surface area contributed by atoms with Gasteiger partial charge in [-0.2, -0.15) is 0 Å². The lowest BCUT2D eigenvalue weighted by Crippen LogP contribution is -2.62. The number of hydrogen-bond donors (Lipinski definition) is 1. The summed E-state index contributed by atoms with van der Waals surface area (Å²) in [5.41, 5.74) is -0.835. The summed E-state index contributed by atoms with van der Waals surface area (Å²) >= 11 is 0. The van der Waals surface area contributed by atoms with Crippen molar-refractivity contribution in [1.29, 1.82) is 0 Å². The number of imide groups is 2. The molecule has 1 aliphatic heterocycles. The number of nitrogens with zero attached hydrogens (tertiary/aromatic N) is 3. The average molecular weight is 405 g/mol. The van der Waals surface area contributed by atoms with E-state index < -0.39 is 23.4 Å². The van der Waals surface area contributed by atoms with Gasteiger partial charge in [-0.15, -0.1) is 0 Å². The van der Waals surface area contributed by atoms with E-state index in [9.17, 15) is 19.2 Å². The summed E-state index contributed by atoms with van der Waals surface area (Å²) in [5.74, 6) is 0.0426. The summed E-state index contributed by atoms with van der Waals surface area (Å²) < 4.78 is 0. The Bertz CT molecular complexity index is 721. The smallest absolute Gasteiger partial charge is 0.335 e. The Hall–Kier alpha value is -1.96.